The lowest BCUT2D eigenvalue weighted by atomic mass is 10.6. The van der Waals surface area contributed by atoms with E-state index in [-0.39, 0.29) is 23.3 Å². The Labute approximate surface area is 86.2 Å². The Kier molecular flexibility index (Phi) is 1.63. The molecule has 0 fully saturated rings. The van der Waals surface area contributed by atoms with Crippen molar-refractivity contribution in [3.05, 3.63) is 6.39 Å². The van der Waals surface area contributed by atoms with E-state index in [2.05, 4.69) is 45.0 Å². The van der Waals surface area contributed by atoms with Crippen molar-refractivity contribution in [2.45, 2.75) is 0 Å². The highest BCUT2D eigenvalue weighted by molar-refractivity contribution is 5.44. The number of hydrogen-bond donors (Lipinski definition) is 1. The molecular weight excluding hydrogens is 218 g/mol. The van der Waals surface area contributed by atoms with Crippen LogP contribution in [0.1, 0.15) is 0 Å². The summed E-state index contributed by atoms with van der Waals surface area (Å²) in [6, 6.07) is 0. The van der Waals surface area contributed by atoms with Gasteiger partial charge in [0.25, 0.3) is 5.82 Å². The van der Waals surface area contributed by atoms with Crippen LogP contribution in [0.3, 0.4) is 0 Å². The molecule has 0 spiro atoms. The molecule has 11 heteroatoms. The molecule has 3 aromatic rings. The fraction of sp³-hybridized carbons (Fsp3) is 0. The van der Waals surface area contributed by atoms with Crippen LogP contribution >= 0.6 is 0 Å². The molecule has 0 saturated carbocycles. The number of anilines is 1. The average Bonchev–Trinajstić information content (AvgIpc) is 2.96. The van der Waals surface area contributed by atoms with E-state index < -0.39 is 0 Å². The molecule has 3 aromatic heterocycles. The first-order valence-electron chi connectivity index (χ1n) is 4.00. The molecule has 80 valence electrons. The Morgan fingerprint density at radius 1 is 1.19 bits per heavy atom. The van der Waals surface area contributed by atoms with Gasteiger partial charge in [0.1, 0.15) is 0 Å². The molecule has 0 radical (unpaired) electrons. The first kappa shape index (κ1) is 8.46. The van der Waals surface area contributed by atoms with Crippen LogP contribution in [-0.4, -0.2) is 40.7 Å². The normalized spacial score (nSPS) is 10.8. The van der Waals surface area contributed by atoms with E-state index >= 15 is 0 Å². The molecule has 3 rings (SSSR count). The Hall–Kier alpha value is -2.85. The van der Waals surface area contributed by atoms with Gasteiger partial charge in [0.2, 0.25) is 23.9 Å². The van der Waals surface area contributed by atoms with Crippen LogP contribution in [0.4, 0.5) is 5.82 Å². The second kappa shape index (κ2) is 3.08. The predicted octanol–water partition coefficient (Wildman–Crippen LogP) is -1.32. The van der Waals surface area contributed by atoms with Gasteiger partial charge in [-0.15, -0.1) is 15.0 Å². The molecular formula is C5H3N9O2. The van der Waals surface area contributed by atoms with Gasteiger partial charge in [0.05, 0.1) is 0 Å². The van der Waals surface area contributed by atoms with E-state index in [1.807, 2.05) is 0 Å². The van der Waals surface area contributed by atoms with Crippen LogP contribution in [0, 0.1) is 0 Å². The number of nitrogens with two attached hydrogens (primary N) is 1. The highest BCUT2D eigenvalue weighted by Gasteiger charge is 2.15. The van der Waals surface area contributed by atoms with Gasteiger partial charge in [-0.3, -0.25) is 0 Å². The molecule has 11 nitrogen and oxygen atoms in total. The molecule has 0 bridgehead atoms. The van der Waals surface area contributed by atoms with Crippen LogP contribution in [0.15, 0.2) is 15.5 Å². The molecule has 2 N–H and O–H groups in total. The summed E-state index contributed by atoms with van der Waals surface area (Å²) in [5.74, 6) is 0.580. The van der Waals surface area contributed by atoms with Gasteiger partial charge in [-0.2, -0.15) is 4.98 Å². The van der Waals surface area contributed by atoms with Crippen molar-refractivity contribution in [1.29, 1.82) is 0 Å². The maximum Gasteiger partial charge on any atom is 0.263 e. The van der Waals surface area contributed by atoms with Crippen LogP contribution in [0.5, 0.6) is 0 Å². The number of hydrogen-bond acceptors (Lipinski definition) is 10. The molecule has 0 saturated heterocycles. The molecule has 0 aliphatic carbocycles. The van der Waals surface area contributed by atoms with Crippen LogP contribution < -0.4 is 5.73 Å². The third-order valence-electron chi connectivity index (χ3n) is 1.66. The van der Waals surface area contributed by atoms with Gasteiger partial charge in [0.15, 0.2) is 0 Å². The second-order valence-corrected chi connectivity index (χ2v) is 2.63. The first-order valence-corrected chi connectivity index (χ1v) is 4.00. The minimum atomic E-state index is 0.0528. The quantitative estimate of drug-likeness (QED) is 0.551. The average molecular weight is 221 g/mol. The predicted molar refractivity (Wildman–Crippen MR) is 44.7 cm³/mol. The summed E-state index contributed by atoms with van der Waals surface area (Å²) >= 11 is 0. The van der Waals surface area contributed by atoms with Crippen LogP contribution in [0.25, 0.3) is 17.5 Å². The number of aromatic nitrogens is 8. The van der Waals surface area contributed by atoms with E-state index in [1.54, 1.807) is 0 Å². The SMILES string of the molecule is Nc1nonc1-n1nnc(-c2ncon2)n1. The standard InChI is InChI=1S/C5H3N9O2/c6-2-5(12-16-10-2)14-9-4(8-13-14)3-7-1-15-11-3/h1H,(H2,6,10). The van der Waals surface area contributed by atoms with Gasteiger partial charge in [-0.1, -0.05) is 5.16 Å². The van der Waals surface area contributed by atoms with E-state index in [4.69, 9.17) is 5.73 Å². The van der Waals surface area contributed by atoms with Crippen molar-refractivity contribution in [2.75, 3.05) is 5.73 Å². The number of tetrazole rings is 1. The zero-order chi connectivity index (χ0) is 11.0. The van der Waals surface area contributed by atoms with Crippen molar-refractivity contribution in [2.24, 2.45) is 0 Å². The van der Waals surface area contributed by atoms with Gasteiger partial charge in [-0.05, 0) is 15.5 Å². The lowest BCUT2D eigenvalue weighted by Crippen LogP contribution is -2.03. The summed E-state index contributed by atoms with van der Waals surface area (Å²) in [5.41, 5.74) is 5.45. The number of rotatable bonds is 2. The lowest BCUT2D eigenvalue weighted by molar-refractivity contribution is 0.306. The Morgan fingerprint density at radius 3 is 2.81 bits per heavy atom. The van der Waals surface area contributed by atoms with E-state index in [9.17, 15) is 0 Å². The maximum atomic E-state index is 5.45. The highest BCUT2D eigenvalue weighted by atomic mass is 16.6. The summed E-state index contributed by atoms with van der Waals surface area (Å²) < 4.78 is 8.94. The molecule has 0 unspecified atom stereocenters. The third kappa shape index (κ3) is 1.18. The smallest absolute Gasteiger partial charge is 0.263 e. The maximum absolute atomic E-state index is 5.45. The van der Waals surface area contributed by atoms with Crippen LogP contribution in [-0.2, 0) is 0 Å². The summed E-state index contributed by atoms with van der Waals surface area (Å²) in [7, 11) is 0. The van der Waals surface area contributed by atoms with Gasteiger partial charge in [0, 0.05) is 0 Å². The summed E-state index contributed by atoms with van der Waals surface area (Å²) in [6.45, 7) is 0. The fourth-order valence-electron chi connectivity index (χ4n) is 0.992. The van der Waals surface area contributed by atoms with Gasteiger partial charge in [-0.25, -0.2) is 4.63 Å². The monoisotopic (exact) mass is 221 g/mol. The fourth-order valence-corrected chi connectivity index (χ4v) is 0.992. The van der Waals surface area contributed by atoms with Crippen molar-refractivity contribution in [3.8, 4) is 17.5 Å². The molecule has 16 heavy (non-hydrogen) atoms. The number of nitrogens with zero attached hydrogens (tertiary/aromatic N) is 8. The van der Waals surface area contributed by atoms with Crippen molar-refractivity contribution in [3.63, 3.8) is 0 Å². The largest absolute Gasteiger partial charge is 0.378 e. The van der Waals surface area contributed by atoms with Crippen molar-refractivity contribution in [1.82, 2.24) is 40.7 Å². The van der Waals surface area contributed by atoms with E-state index in [0.717, 1.165) is 11.2 Å². The van der Waals surface area contributed by atoms with Gasteiger partial charge < -0.3 is 10.3 Å². The van der Waals surface area contributed by atoms with E-state index in [1.165, 1.54) is 0 Å². The lowest BCUT2D eigenvalue weighted by Gasteiger charge is -1.88. The molecule has 3 heterocycles. The van der Waals surface area contributed by atoms with Gasteiger partial charge >= 0.3 is 0 Å². The second-order valence-electron chi connectivity index (χ2n) is 2.63. The zero-order valence-electron chi connectivity index (χ0n) is 7.55. The summed E-state index contributed by atoms with van der Waals surface area (Å²) in [6.07, 6.45) is 1.15. The summed E-state index contributed by atoms with van der Waals surface area (Å²) in [5, 5.41) is 21.7. The molecule has 0 atom stereocenters. The molecule has 0 aliphatic heterocycles. The summed E-state index contributed by atoms with van der Waals surface area (Å²) in [4.78, 5) is 4.81. The minimum absolute atomic E-state index is 0.0528. The zero-order valence-corrected chi connectivity index (χ0v) is 7.55. The Morgan fingerprint density at radius 2 is 2.12 bits per heavy atom. The topological polar surface area (TPSA) is 147 Å². The van der Waals surface area contributed by atoms with Crippen molar-refractivity contribution >= 4 is 5.82 Å². The first-order chi connectivity index (χ1) is 7.84. The Balaban J connectivity index is 2.03. The molecule has 0 amide bonds. The van der Waals surface area contributed by atoms with Crippen molar-refractivity contribution < 1.29 is 9.15 Å². The highest BCUT2D eigenvalue weighted by Crippen LogP contribution is 2.11. The van der Waals surface area contributed by atoms with Crippen LogP contribution in [0.2, 0.25) is 0 Å². The molecule has 0 aliphatic rings. The molecule has 0 aromatic carbocycles. The Bertz CT molecular complexity index is 595. The third-order valence-corrected chi connectivity index (χ3v) is 1.66. The minimum Gasteiger partial charge on any atom is -0.378 e. The number of nitrogen functional groups attached to an aromatic ring is 1. The van der Waals surface area contributed by atoms with E-state index in [0.29, 0.717) is 0 Å².